The molecule has 0 bridgehead atoms. The van der Waals surface area contributed by atoms with Crippen LogP contribution in [0.1, 0.15) is 19.2 Å². The highest BCUT2D eigenvalue weighted by molar-refractivity contribution is 6.33. The molecule has 0 unspecified atom stereocenters. The zero-order chi connectivity index (χ0) is 18.5. The van der Waals surface area contributed by atoms with E-state index in [2.05, 4.69) is 15.5 Å². The number of carbonyl (C=O) groups excluding carboxylic acids is 1. The van der Waals surface area contributed by atoms with Gasteiger partial charge >= 0.3 is 0 Å². The molecule has 1 amide bonds. The number of amides is 1. The topological polar surface area (TPSA) is 90.0 Å². The van der Waals surface area contributed by atoms with Gasteiger partial charge in [-0.05, 0) is 24.6 Å². The molecule has 7 nitrogen and oxygen atoms in total. The van der Waals surface area contributed by atoms with E-state index in [-0.39, 0.29) is 18.0 Å². The molecular weight excluding hydrogens is 356 g/mol. The Morgan fingerprint density at radius 1 is 1.27 bits per heavy atom. The first-order chi connectivity index (χ1) is 12.6. The molecule has 0 saturated heterocycles. The molecule has 0 aliphatic rings. The van der Waals surface area contributed by atoms with E-state index >= 15 is 0 Å². The zero-order valence-electron chi connectivity index (χ0n) is 14.1. The number of anilines is 1. The van der Waals surface area contributed by atoms with Crippen LogP contribution in [0.2, 0.25) is 5.02 Å². The molecule has 2 heterocycles. The summed E-state index contributed by atoms with van der Waals surface area (Å²) in [5, 5.41) is 7.00. The lowest BCUT2D eigenvalue weighted by Crippen LogP contribution is -2.26. The minimum absolute atomic E-state index is 0.159. The van der Waals surface area contributed by atoms with Gasteiger partial charge in [0.05, 0.1) is 16.3 Å². The first-order valence-corrected chi connectivity index (χ1v) is 8.52. The lowest BCUT2D eigenvalue weighted by molar-refractivity contribution is -0.116. The number of halogens is 1. The number of aryl methyl sites for hydroxylation is 1. The zero-order valence-corrected chi connectivity index (χ0v) is 14.9. The number of benzene rings is 1. The van der Waals surface area contributed by atoms with Gasteiger partial charge in [0.1, 0.15) is 6.54 Å². The van der Waals surface area contributed by atoms with E-state index in [0.717, 1.165) is 6.42 Å². The summed E-state index contributed by atoms with van der Waals surface area (Å²) in [6.07, 6.45) is 3.14. The van der Waals surface area contributed by atoms with Crippen LogP contribution in [-0.4, -0.2) is 20.6 Å². The molecule has 0 fully saturated rings. The minimum atomic E-state index is -0.366. The van der Waals surface area contributed by atoms with Crippen LogP contribution in [0, 0.1) is 0 Å². The lowest BCUT2D eigenvalue weighted by Gasteiger charge is -2.09. The predicted octanol–water partition coefficient (Wildman–Crippen LogP) is 3.14. The maximum absolute atomic E-state index is 12.2. The van der Waals surface area contributed by atoms with Gasteiger partial charge in [0, 0.05) is 18.7 Å². The average molecular weight is 373 g/mol. The standard InChI is InChI=1S/C18H17ClN4O3/c1-2-5-15-21-18(26-22-15)12-8-9-17(25)23(10-12)11-16(24)20-14-7-4-3-6-13(14)19/h3-4,6-10H,2,5,11H2,1H3,(H,20,24). The van der Waals surface area contributed by atoms with Gasteiger partial charge in [-0.3, -0.25) is 9.59 Å². The molecule has 0 spiro atoms. The molecule has 0 radical (unpaired) electrons. The van der Waals surface area contributed by atoms with Crippen molar-refractivity contribution < 1.29 is 9.32 Å². The second-order valence-electron chi connectivity index (χ2n) is 5.68. The van der Waals surface area contributed by atoms with Crippen molar-refractivity contribution in [2.45, 2.75) is 26.3 Å². The van der Waals surface area contributed by atoms with E-state index in [9.17, 15) is 9.59 Å². The summed E-state index contributed by atoms with van der Waals surface area (Å²) in [6, 6.07) is 9.84. The monoisotopic (exact) mass is 372 g/mol. The second-order valence-corrected chi connectivity index (χ2v) is 6.08. The number of hydrogen-bond acceptors (Lipinski definition) is 5. The Hall–Kier alpha value is -2.93. The quantitative estimate of drug-likeness (QED) is 0.717. The van der Waals surface area contributed by atoms with Crippen molar-refractivity contribution >= 4 is 23.2 Å². The minimum Gasteiger partial charge on any atom is -0.334 e. The molecule has 8 heteroatoms. The van der Waals surface area contributed by atoms with E-state index in [1.165, 1.54) is 16.8 Å². The summed E-state index contributed by atoms with van der Waals surface area (Å²) in [4.78, 5) is 28.6. The van der Waals surface area contributed by atoms with Crippen molar-refractivity contribution in [2.24, 2.45) is 0 Å². The Balaban J connectivity index is 1.78. The molecule has 0 atom stereocenters. The first-order valence-electron chi connectivity index (χ1n) is 8.14. The van der Waals surface area contributed by atoms with Crippen molar-refractivity contribution in [3.8, 4) is 11.5 Å². The molecule has 2 aromatic heterocycles. The van der Waals surface area contributed by atoms with Crippen LogP contribution in [0.3, 0.4) is 0 Å². The highest BCUT2D eigenvalue weighted by atomic mass is 35.5. The molecule has 1 N–H and O–H groups in total. The Morgan fingerprint density at radius 3 is 2.85 bits per heavy atom. The molecule has 3 rings (SSSR count). The van der Waals surface area contributed by atoms with E-state index < -0.39 is 0 Å². The number of nitrogens with zero attached hydrogens (tertiary/aromatic N) is 3. The summed E-state index contributed by atoms with van der Waals surface area (Å²) in [7, 11) is 0. The maximum Gasteiger partial charge on any atom is 0.259 e. The van der Waals surface area contributed by atoms with Crippen LogP contribution < -0.4 is 10.9 Å². The van der Waals surface area contributed by atoms with Gasteiger partial charge in [-0.15, -0.1) is 0 Å². The smallest absolute Gasteiger partial charge is 0.259 e. The molecule has 1 aromatic carbocycles. The van der Waals surface area contributed by atoms with Gasteiger partial charge in [0.15, 0.2) is 5.82 Å². The van der Waals surface area contributed by atoms with E-state index in [1.807, 2.05) is 6.92 Å². The van der Waals surface area contributed by atoms with Crippen LogP contribution in [0.5, 0.6) is 0 Å². The van der Waals surface area contributed by atoms with Crippen LogP contribution in [0.25, 0.3) is 11.5 Å². The van der Waals surface area contributed by atoms with E-state index in [0.29, 0.717) is 34.4 Å². The number of rotatable bonds is 6. The van der Waals surface area contributed by atoms with Gasteiger partial charge in [-0.25, -0.2) is 0 Å². The average Bonchev–Trinajstić information content (AvgIpc) is 3.08. The summed E-state index contributed by atoms with van der Waals surface area (Å²) >= 11 is 6.02. The van der Waals surface area contributed by atoms with Gasteiger partial charge in [0.2, 0.25) is 5.91 Å². The maximum atomic E-state index is 12.2. The van der Waals surface area contributed by atoms with E-state index in [4.69, 9.17) is 16.1 Å². The molecule has 3 aromatic rings. The fraction of sp³-hybridized carbons (Fsp3) is 0.222. The van der Waals surface area contributed by atoms with Gasteiger partial charge < -0.3 is 14.4 Å². The fourth-order valence-corrected chi connectivity index (χ4v) is 2.57. The van der Waals surface area contributed by atoms with Crippen LogP contribution in [0.15, 0.2) is 51.9 Å². The third kappa shape index (κ3) is 4.18. The third-order valence-corrected chi connectivity index (χ3v) is 3.96. The third-order valence-electron chi connectivity index (χ3n) is 3.63. The highest BCUT2D eigenvalue weighted by Crippen LogP contribution is 2.20. The van der Waals surface area contributed by atoms with E-state index in [1.54, 1.807) is 30.3 Å². The Labute approximate surface area is 154 Å². The highest BCUT2D eigenvalue weighted by Gasteiger charge is 2.12. The number of aromatic nitrogens is 3. The van der Waals surface area contributed by atoms with Crippen LogP contribution in [-0.2, 0) is 17.8 Å². The Bertz CT molecular complexity index is 980. The number of carbonyl (C=O) groups is 1. The van der Waals surface area contributed by atoms with Crippen molar-refractivity contribution in [2.75, 3.05) is 5.32 Å². The number of para-hydroxylation sites is 1. The SMILES string of the molecule is CCCc1noc(-c2ccc(=O)n(CC(=O)Nc3ccccc3Cl)c2)n1. The van der Waals surface area contributed by atoms with Gasteiger partial charge in [0.25, 0.3) is 11.4 Å². The normalized spacial score (nSPS) is 10.7. The van der Waals surface area contributed by atoms with Crippen LogP contribution >= 0.6 is 11.6 Å². The van der Waals surface area contributed by atoms with Crippen molar-refractivity contribution in [3.05, 3.63) is 63.8 Å². The van der Waals surface area contributed by atoms with Crippen molar-refractivity contribution in [1.29, 1.82) is 0 Å². The molecular formula is C18H17ClN4O3. The number of hydrogen-bond donors (Lipinski definition) is 1. The largest absolute Gasteiger partial charge is 0.334 e. The summed E-state index contributed by atoms with van der Waals surface area (Å²) < 4.78 is 6.50. The summed E-state index contributed by atoms with van der Waals surface area (Å²) in [5.74, 6) is 0.556. The molecule has 134 valence electrons. The summed E-state index contributed by atoms with van der Waals surface area (Å²) in [6.45, 7) is 1.86. The first kappa shape index (κ1) is 17.9. The second kappa shape index (κ2) is 7.97. The Morgan fingerprint density at radius 2 is 2.08 bits per heavy atom. The van der Waals surface area contributed by atoms with Crippen molar-refractivity contribution in [3.63, 3.8) is 0 Å². The number of pyridine rings is 1. The summed E-state index contributed by atoms with van der Waals surface area (Å²) in [5.41, 5.74) is 0.755. The molecule has 0 aliphatic carbocycles. The molecule has 26 heavy (non-hydrogen) atoms. The van der Waals surface area contributed by atoms with Gasteiger partial charge in [-0.1, -0.05) is 35.8 Å². The number of nitrogens with one attached hydrogen (secondary N) is 1. The van der Waals surface area contributed by atoms with Gasteiger partial charge in [-0.2, -0.15) is 4.98 Å². The Kier molecular flexibility index (Phi) is 5.48. The van der Waals surface area contributed by atoms with Crippen LogP contribution in [0.4, 0.5) is 5.69 Å². The van der Waals surface area contributed by atoms with Crippen molar-refractivity contribution in [1.82, 2.24) is 14.7 Å². The fourth-order valence-electron chi connectivity index (χ4n) is 2.38. The molecule has 0 saturated carbocycles. The predicted molar refractivity (Wildman–Crippen MR) is 98.1 cm³/mol. The lowest BCUT2D eigenvalue weighted by atomic mass is 10.2. The molecule has 0 aliphatic heterocycles.